The Morgan fingerprint density at radius 2 is 1.19 bits per heavy atom. The summed E-state index contributed by atoms with van der Waals surface area (Å²) in [7, 11) is -4.57. The highest BCUT2D eigenvalue weighted by atomic mass is 32.2. The minimum atomic E-state index is -4.57. The van der Waals surface area contributed by atoms with Crippen LogP contribution in [0.3, 0.4) is 0 Å². The van der Waals surface area contributed by atoms with Crippen molar-refractivity contribution in [3.05, 3.63) is 57.6 Å². The molecule has 0 saturated carbocycles. The van der Waals surface area contributed by atoms with E-state index in [-0.39, 0.29) is 35.8 Å². The summed E-state index contributed by atoms with van der Waals surface area (Å²) in [5, 5.41) is 13.4. The summed E-state index contributed by atoms with van der Waals surface area (Å²) in [6.07, 6.45) is -1.45. The number of carboxylic acid groups (broad SMARTS) is 1. The van der Waals surface area contributed by atoms with Gasteiger partial charge in [-0.25, -0.2) is 9.52 Å². The Bertz CT molecular complexity index is 1390. The standard InChI is InChI=1S/C32H47N3O7S/c1-17(2)22-11-24(18(3)4)28(25(12-22)19(5)6)15-29(36)35-43(40,41)42-31-26(20(7)8)13-23(14-27(31)21(9)10)34-30(37)16-33-32(38)39/h11-14,17-21,33H,15-16H2,1-10H3,(H,34,37)(H,35,36)(H,38,39). The molecule has 2 aromatic carbocycles. The van der Waals surface area contributed by atoms with Crippen LogP contribution in [0.5, 0.6) is 5.75 Å². The Kier molecular flexibility index (Phi) is 12.2. The van der Waals surface area contributed by atoms with Gasteiger partial charge in [0.1, 0.15) is 6.54 Å². The number of benzene rings is 2. The Morgan fingerprint density at radius 3 is 1.58 bits per heavy atom. The van der Waals surface area contributed by atoms with Crippen molar-refractivity contribution in [1.82, 2.24) is 10.0 Å². The number of rotatable bonds is 13. The predicted octanol–water partition coefficient (Wildman–Crippen LogP) is 6.49. The van der Waals surface area contributed by atoms with Gasteiger partial charge in [0, 0.05) is 16.8 Å². The first-order valence-corrected chi connectivity index (χ1v) is 16.1. The van der Waals surface area contributed by atoms with Gasteiger partial charge in [-0.05, 0) is 64.0 Å². The van der Waals surface area contributed by atoms with E-state index in [1.807, 2.05) is 33.0 Å². The Balaban J connectivity index is 2.43. The fourth-order valence-electron chi connectivity index (χ4n) is 4.84. The highest BCUT2D eigenvalue weighted by Crippen LogP contribution is 2.38. The maximum atomic E-state index is 13.3. The topological polar surface area (TPSA) is 151 Å². The molecule has 11 heteroatoms. The average Bonchev–Trinajstić information content (AvgIpc) is 2.86. The summed E-state index contributed by atoms with van der Waals surface area (Å²) in [4.78, 5) is 36.2. The van der Waals surface area contributed by atoms with Crippen molar-refractivity contribution in [3.8, 4) is 5.75 Å². The van der Waals surface area contributed by atoms with E-state index >= 15 is 0 Å². The number of nitrogens with one attached hydrogen (secondary N) is 3. The molecule has 2 rings (SSSR count). The van der Waals surface area contributed by atoms with Gasteiger partial charge in [-0.2, -0.15) is 8.42 Å². The normalized spacial score (nSPS) is 11.9. The van der Waals surface area contributed by atoms with Gasteiger partial charge < -0.3 is 19.9 Å². The lowest BCUT2D eigenvalue weighted by atomic mass is 9.83. The van der Waals surface area contributed by atoms with Crippen LogP contribution in [0.1, 0.15) is 132 Å². The lowest BCUT2D eigenvalue weighted by Gasteiger charge is -2.23. The minimum Gasteiger partial charge on any atom is -0.465 e. The molecule has 0 aliphatic carbocycles. The Labute approximate surface area is 256 Å². The van der Waals surface area contributed by atoms with Crippen molar-refractivity contribution in [3.63, 3.8) is 0 Å². The first kappa shape index (κ1) is 35.6. The Morgan fingerprint density at radius 1 is 0.721 bits per heavy atom. The molecule has 0 spiro atoms. The van der Waals surface area contributed by atoms with E-state index in [2.05, 4.69) is 63.7 Å². The molecular formula is C32H47N3O7S. The van der Waals surface area contributed by atoms with E-state index in [1.54, 1.807) is 12.1 Å². The van der Waals surface area contributed by atoms with Gasteiger partial charge in [0.15, 0.2) is 5.75 Å². The number of hydrogen-bond donors (Lipinski definition) is 4. The first-order valence-electron chi connectivity index (χ1n) is 14.7. The second kappa shape index (κ2) is 14.7. The zero-order valence-corrected chi connectivity index (χ0v) is 27.7. The number of amides is 3. The van der Waals surface area contributed by atoms with Crippen LogP contribution in [0.2, 0.25) is 0 Å². The first-order chi connectivity index (χ1) is 19.8. The van der Waals surface area contributed by atoms with E-state index in [4.69, 9.17) is 9.29 Å². The van der Waals surface area contributed by atoms with Gasteiger partial charge in [0.05, 0.1) is 6.42 Å². The van der Waals surface area contributed by atoms with Crippen molar-refractivity contribution in [1.29, 1.82) is 0 Å². The molecule has 0 aliphatic heterocycles. The van der Waals surface area contributed by atoms with Crippen LogP contribution in [0.25, 0.3) is 0 Å². The number of anilines is 1. The third-order valence-electron chi connectivity index (χ3n) is 7.10. The van der Waals surface area contributed by atoms with Crippen molar-refractivity contribution in [2.24, 2.45) is 0 Å². The van der Waals surface area contributed by atoms with Crippen LogP contribution in [-0.2, 0) is 26.3 Å². The fourth-order valence-corrected chi connectivity index (χ4v) is 5.64. The second-order valence-corrected chi connectivity index (χ2v) is 13.7. The van der Waals surface area contributed by atoms with Gasteiger partial charge in [-0.1, -0.05) is 81.4 Å². The molecule has 0 radical (unpaired) electrons. The zero-order valence-electron chi connectivity index (χ0n) is 26.9. The molecule has 4 N–H and O–H groups in total. The van der Waals surface area contributed by atoms with Gasteiger partial charge >= 0.3 is 16.4 Å². The third kappa shape index (κ3) is 9.98. The van der Waals surface area contributed by atoms with Crippen LogP contribution in [0, 0.1) is 0 Å². The van der Waals surface area contributed by atoms with E-state index in [0.717, 1.165) is 16.7 Å². The van der Waals surface area contributed by atoms with Gasteiger partial charge in [-0.3, -0.25) is 9.59 Å². The lowest BCUT2D eigenvalue weighted by Crippen LogP contribution is -2.36. The number of carbonyl (C=O) groups is 3. The highest BCUT2D eigenvalue weighted by Gasteiger charge is 2.26. The molecule has 0 saturated heterocycles. The van der Waals surface area contributed by atoms with Crippen LogP contribution in [0.15, 0.2) is 24.3 Å². The van der Waals surface area contributed by atoms with E-state index in [1.165, 1.54) is 5.56 Å². The average molecular weight is 618 g/mol. The number of carbonyl (C=O) groups excluding carboxylic acids is 2. The van der Waals surface area contributed by atoms with Crippen molar-refractivity contribution >= 4 is 33.9 Å². The quantitative estimate of drug-likeness (QED) is 0.200. The van der Waals surface area contributed by atoms with Crippen molar-refractivity contribution in [2.75, 3.05) is 11.9 Å². The molecule has 10 nitrogen and oxygen atoms in total. The van der Waals surface area contributed by atoms with E-state index in [9.17, 15) is 22.8 Å². The Hall–Kier alpha value is -3.60. The summed E-state index contributed by atoms with van der Waals surface area (Å²) in [6.45, 7) is 19.4. The minimum absolute atomic E-state index is 0.0824. The molecule has 2 aromatic rings. The van der Waals surface area contributed by atoms with Gasteiger partial charge in [0.25, 0.3) is 0 Å². The second-order valence-electron chi connectivity index (χ2n) is 12.4. The van der Waals surface area contributed by atoms with E-state index in [0.29, 0.717) is 22.7 Å². The molecule has 0 heterocycles. The van der Waals surface area contributed by atoms with Crippen LogP contribution in [0.4, 0.5) is 10.5 Å². The third-order valence-corrected chi connectivity index (χ3v) is 7.96. The molecule has 0 aromatic heterocycles. The summed E-state index contributed by atoms with van der Waals surface area (Å²) in [5.41, 5.74) is 5.40. The molecule has 0 bridgehead atoms. The predicted molar refractivity (Wildman–Crippen MR) is 169 cm³/mol. The van der Waals surface area contributed by atoms with Gasteiger partial charge in [0.2, 0.25) is 11.8 Å². The summed E-state index contributed by atoms with van der Waals surface area (Å²) in [6, 6.07) is 7.39. The van der Waals surface area contributed by atoms with Crippen LogP contribution >= 0.6 is 0 Å². The maximum Gasteiger partial charge on any atom is 0.409 e. The molecule has 3 amide bonds. The van der Waals surface area contributed by atoms with Crippen molar-refractivity contribution < 1.29 is 32.1 Å². The molecule has 0 unspecified atom stereocenters. The molecular weight excluding hydrogens is 570 g/mol. The zero-order chi connectivity index (χ0) is 32.8. The smallest absolute Gasteiger partial charge is 0.409 e. The van der Waals surface area contributed by atoms with Gasteiger partial charge in [-0.15, -0.1) is 0 Å². The molecule has 0 fully saturated rings. The molecule has 0 atom stereocenters. The van der Waals surface area contributed by atoms with Crippen LogP contribution < -0.4 is 19.5 Å². The van der Waals surface area contributed by atoms with Crippen molar-refractivity contribution in [2.45, 2.75) is 105 Å². The van der Waals surface area contributed by atoms with Crippen LogP contribution in [-0.4, -0.2) is 38.0 Å². The summed E-state index contributed by atoms with van der Waals surface area (Å²) in [5.74, 6) is -1.06. The summed E-state index contributed by atoms with van der Waals surface area (Å²) >= 11 is 0. The largest absolute Gasteiger partial charge is 0.465 e. The van der Waals surface area contributed by atoms with E-state index < -0.39 is 34.8 Å². The molecule has 238 valence electrons. The molecule has 0 aliphatic rings. The summed E-state index contributed by atoms with van der Waals surface area (Å²) < 4.78 is 34.2. The lowest BCUT2D eigenvalue weighted by molar-refractivity contribution is -0.119. The highest BCUT2D eigenvalue weighted by molar-refractivity contribution is 7.85. The monoisotopic (exact) mass is 617 g/mol. The SMILES string of the molecule is CC(C)c1cc(C(C)C)c(CC(=O)NS(=O)(=O)Oc2c(C(C)C)cc(NC(=O)CNC(=O)O)cc2C(C)C)c(C(C)C)c1. The number of hydrogen-bond acceptors (Lipinski definition) is 6. The maximum absolute atomic E-state index is 13.3. The fraction of sp³-hybridized carbons (Fsp3) is 0.531. The molecule has 43 heavy (non-hydrogen) atoms.